The predicted molar refractivity (Wildman–Crippen MR) is 116 cm³/mol. The van der Waals surface area contributed by atoms with E-state index in [1.807, 2.05) is 0 Å². The summed E-state index contributed by atoms with van der Waals surface area (Å²) >= 11 is 0. The molecule has 12 heteroatoms. The Morgan fingerprint density at radius 3 is 2.39 bits per heavy atom. The summed E-state index contributed by atoms with van der Waals surface area (Å²) in [5.41, 5.74) is -0.270. The number of hydrogen-bond donors (Lipinski definition) is 1. The van der Waals surface area contributed by atoms with E-state index in [-0.39, 0.29) is 28.4 Å². The summed E-state index contributed by atoms with van der Waals surface area (Å²) in [6.07, 6.45) is 0.640. The van der Waals surface area contributed by atoms with Crippen molar-refractivity contribution in [3.8, 4) is 11.3 Å². The van der Waals surface area contributed by atoms with Crippen molar-refractivity contribution in [2.24, 2.45) is 0 Å². The third-order valence-corrected chi connectivity index (χ3v) is 8.37. The van der Waals surface area contributed by atoms with Crippen LogP contribution >= 0.6 is 0 Å². The van der Waals surface area contributed by atoms with Crippen molar-refractivity contribution in [2.75, 3.05) is 25.5 Å². The average Bonchev–Trinajstić information content (AvgIpc) is 3.65. The lowest BCUT2D eigenvalue weighted by Crippen LogP contribution is -2.49. The van der Waals surface area contributed by atoms with Crippen LogP contribution < -0.4 is 5.32 Å². The molecule has 0 atom stereocenters. The van der Waals surface area contributed by atoms with Crippen LogP contribution in [0.3, 0.4) is 0 Å². The smallest absolute Gasteiger partial charge is 0.324 e. The Hall–Kier alpha value is -2.73. The highest BCUT2D eigenvalue weighted by molar-refractivity contribution is 7.90. The highest BCUT2D eigenvalue weighted by atomic mass is 32.2. The van der Waals surface area contributed by atoms with Gasteiger partial charge in [0.25, 0.3) is 0 Å². The maximum absolute atomic E-state index is 12.9. The van der Waals surface area contributed by atoms with Crippen LogP contribution in [0.5, 0.6) is 0 Å². The van der Waals surface area contributed by atoms with Gasteiger partial charge in [0.15, 0.2) is 5.82 Å². The molecule has 2 amide bonds. The van der Waals surface area contributed by atoms with Gasteiger partial charge < -0.3 is 4.90 Å². The molecule has 0 radical (unpaired) electrons. The van der Waals surface area contributed by atoms with Crippen LogP contribution in [-0.2, 0) is 16.2 Å². The molecule has 0 unspecified atom stereocenters. The number of halogens is 3. The van der Waals surface area contributed by atoms with E-state index in [4.69, 9.17) is 0 Å². The number of anilines is 1. The number of sulfonamides is 1. The van der Waals surface area contributed by atoms with E-state index in [0.29, 0.717) is 25.9 Å². The molecule has 1 saturated heterocycles. The third-order valence-electron chi connectivity index (χ3n) is 5.97. The molecule has 1 aromatic carbocycles. The summed E-state index contributed by atoms with van der Waals surface area (Å²) in [4.78, 5) is 22.3. The Bertz CT molecular complexity index is 1110. The molecule has 178 valence electrons. The molecular formula is C21H24F3N5O3S. The minimum absolute atomic E-state index is 0.118. The molecule has 1 saturated carbocycles. The zero-order valence-corrected chi connectivity index (χ0v) is 18.7. The summed E-state index contributed by atoms with van der Waals surface area (Å²) in [7, 11) is -1.58. The summed E-state index contributed by atoms with van der Waals surface area (Å²) in [6, 6.07) is 4.24. The van der Waals surface area contributed by atoms with Crippen molar-refractivity contribution >= 4 is 21.9 Å². The topological polar surface area (TPSA) is 95.5 Å². The molecule has 33 heavy (non-hydrogen) atoms. The van der Waals surface area contributed by atoms with Crippen molar-refractivity contribution in [3.63, 3.8) is 0 Å². The van der Waals surface area contributed by atoms with Gasteiger partial charge in [0.05, 0.1) is 28.9 Å². The van der Waals surface area contributed by atoms with Crippen LogP contribution in [0.4, 0.5) is 23.8 Å². The third kappa shape index (κ3) is 5.27. The van der Waals surface area contributed by atoms with Gasteiger partial charge in [-0.15, -0.1) is 0 Å². The largest absolute Gasteiger partial charge is 0.416 e. The number of amides is 2. The van der Waals surface area contributed by atoms with Gasteiger partial charge in [0, 0.05) is 31.7 Å². The second-order valence-electron chi connectivity index (χ2n) is 8.28. The molecule has 1 aromatic heterocycles. The number of urea groups is 1. The Morgan fingerprint density at radius 2 is 1.82 bits per heavy atom. The van der Waals surface area contributed by atoms with Gasteiger partial charge in [0.1, 0.15) is 0 Å². The number of piperidine rings is 1. The van der Waals surface area contributed by atoms with Crippen molar-refractivity contribution in [3.05, 3.63) is 42.2 Å². The van der Waals surface area contributed by atoms with E-state index in [9.17, 15) is 26.4 Å². The molecule has 8 nitrogen and oxygen atoms in total. The molecule has 0 spiro atoms. The van der Waals surface area contributed by atoms with Gasteiger partial charge in [-0.25, -0.2) is 22.5 Å². The molecule has 2 fully saturated rings. The summed E-state index contributed by atoms with van der Waals surface area (Å²) < 4.78 is 65.0. The Morgan fingerprint density at radius 1 is 1.12 bits per heavy atom. The highest BCUT2D eigenvalue weighted by Crippen LogP contribution is 2.33. The van der Waals surface area contributed by atoms with Crippen molar-refractivity contribution in [1.29, 1.82) is 0 Å². The number of alkyl halides is 3. The maximum Gasteiger partial charge on any atom is 0.416 e. The fraction of sp³-hybridized carbons (Fsp3) is 0.476. The van der Waals surface area contributed by atoms with Gasteiger partial charge in [0.2, 0.25) is 10.0 Å². The number of carbonyl (C=O) groups excluding carboxylic acids is 1. The first kappa shape index (κ1) is 23.4. The molecule has 1 aliphatic heterocycles. The van der Waals surface area contributed by atoms with Gasteiger partial charge >= 0.3 is 12.2 Å². The van der Waals surface area contributed by atoms with Gasteiger partial charge in [-0.2, -0.15) is 13.2 Å². The number of nitrogens with zero attached hydrogens (tertiary/aromatic N) is 4. The number of nitrogens with one attached hydrogen (secondary N) is 1. The fourth-order valence-corrected chi connectivity index (χ4v) is 5.69. The maximum atomic E-state index is 12.9. The summed E-state index contributed by atoms with van der Waals surface area (Å²) in [6.45, 7) is 0.763. The van der Waals surface area contributed by atoms with Crippen molar-refractivity contribution in [2.45, 2.75) is 43.2 Å². The Kier molecular flexibility index (Phi) is 6.32. The lowest BCUT2D eigenvalue weighted by molar-refractivity contribution is -0.137. The SMILES string of the molecule is CN(C(=O)Nc1cnc(-c2cccc(C(F)(F)F)c2)cn1)C1CCN(S(=O)(=O)C2CC2)CC1. The van der Waals surface area contributed by atoms with E-state index < -0.39 is 27.8 Å². The van der Waals surface area contributed by atoms with E-state index >= 15 is 0 Å². The van der Waals surface area contributed by atoms with E-state index in [1.54, 1.807) is 7.05 Å². The second kappa shape index (κ2) is 8.90. The zero-order valence-electron chi connectivity index (χ0n) is 17.9. The quantitative estimate of drug-likeness (QED) is 0.702. The lowest BCUT2D eigenvalue weighted by Gasteiger charge is -2.36. The number of hydrogen-bond acceptors (Lipinski definition) is 5. The molecule has 4 rings (SSSR count). The molecule has 0 bridgehead atoms. The fourth-order valence-electron chi connectivity index (χ4n) is 3.82. The molecule has 1 aliphatic carbocycles. The van der Waals surface area contributed by atoms with Gasteiger partial charge in [-0.1, -0.05) is 12.1 Å². The number of benzene rings is 1. The van der Waals surface area contributed by atoms with Gasteiger partial charge in [-0.3, -0.25) is 10.3 Å². The number of aromatic nitrogens is 2. The summed E-state index contributed by atoms with van der Waals surface area (Å²) in [5.74, 6) is 0.163. The second-order valence-corrected chi connectivity index (χ2v) is 10.5. The van der Waals surface area contributed by atoms with E-state index in [1.165, 1.54) is 33.7 Å². The minimum Gasteiger partial charge on any atom is -0.324 e. The molecule has 2 heterocycles. The molecule has 1 N–H and O–H groups in total. The number of carbonyl (C=O) groups is 1. The standard InChI is InChI=1S/C21H24F3N5O3S/c1-28(16-7-9-29(10-8-16)33(31,32)17-5-6-17)20(30)27-19-13-25-18(12-26-19)14-3-2-4-15(11-14)21(22,23)24/h2-4,11-13,16-17H,5-10H2,1H3,(H,26,27,30). The zero-order chi connectivity index (χ0) is 23.8. The van der Waals surface area contributed by atoms with Crippen molar-refractivity contribution in [1.82, 2.24) is 19.2 Å². The highest BCUT2D eigenvalue weighted by Gasteiger charge is 2.41. The van der Waals surface area contributed by atoms with Crippen molar-refractivity contribution < 1.29 is 26.4 Å². The Labute approximate surface area is 189 Å². The van der Waals surface area contributed by atoms with Crippen LogP contribution in [0, 0.1) is 0 Å². The predicted octanol–water partition coefficient (Wildman–Crippen LogP) is 3.58. The minimum atomic E-state index is -4.46. The first-order valence-electron chi connectivity index (χ1n) is 10.6. The Balaban J connectivity index is 1.34. The lowest BCUT2D eigenvalue weighted by atomic mass is 10.1. The van der Waals surface area contributed by atoms with Gasteiger partial charge in [-0.05, 0) is 37.8 Å². The first-order chi connectivity index (χ1) is 15.6. The molecule has 2 aliphatic rings. The first-order valence-corrected chi connectivity index (χ1v) is 12.1. The molecular weight excluding hydrogens is 459 g/mol. The van der Waals surface area contributed by atoms with Crippen LogP contribution in [0.25, 0.3) is 11.3 Å². The van der Waals surface area contributed by atoms with E-state index in [0.717, 1.165) is 25.0 Å². The van der Waals surface area contributed by atoms with E-state index in [2.05, 4.69) is 15.3 Å². The summed E-state index contributed by atoms with van der Waals surface area (Å²) in [5, 5.41) is 2.38. The van der Waals surface area contributed by atoms with Crippen LogP contribution in [0.1, 0.15) is 31.2 Å². The average molecular weight is 484 g/mol. The van der Waals surface area contributed by atoms with Crippen LogP contribution in [-0.4, -0.2) is 65.1 Å². The normalized spacial score (nSPS) is 18.2. The monoisotopic (exact) mass is 483 g/mol. The molecule has 2 aromatic rings. The number of rotatable bonds is 5. The van der Waals surface area contributed by atoms with Crippen LogP contribution in [0.2, 0.25) is 0 Å². The van der Waals surface area contributed by atoms with Crippen LogP contribution in [0.15, 0.2) is 36.7 Å².